The Hall–Kier alpha value is -3.32. The minimum atomic E-state index is -5.50. The highest BCUT2D eigenvalue weighted by Crippen LogP contribution is 2.50. The number of amides is 2. The first kappa shape index (κ1) is 29.7. The maximum Gasteiger partial charge on any atom is 0.493 e. The summed E-state index contributed by atoms with van der Waals surface area (Å²) in [5.41, 5.74) is -0.318. The fourth-order valence-corrected chi connectivity index (χ4v) is 5.95. The lowest BCUT2D eigenvalue weighted by Gasteiger charge is -2.45. The number of fused-ring (bicyclic) bond motifs is 1. The number of ether oxygens (including phenoxy) is 2. The van der Waals surface area contributed by atoms with Crippen LogP contribution in [-0.2, 0) is 15.0 Å². The minimum absolute atomic E-state index is 0.0815. The Bertz CT molecular complexity index is 1270. The minimum Gasteiger partial charge on any atom is -0.493 e. The molecule has 218 valence electrons. The van der Waals surface area contributed by atoms with Gasteiger partial charge in [-0.3, -0.25) is 0 Å². The molecule has 2 amide bonds. The molecule has 0 bridgehead atoms. The van der Waals surface area contributed by atoms with Gasteiger partial charge in [-0.25, -0.2) is 18.4 Å². The number of benzene rings is 2. The number of nitrogens with zero attached hydrogens (tertiary/aromatic N) is 2. The van der Waals surface area contributed by atoms with E-state index in [1.165, 1.54) is 14.2 Å². The van der Waals surface area contributed by atoms with Crippen molar-refractivity contribution in [2.45, 2.75) is 49.4 Å². The molecule has 40 heavy (non-hydrogen) atoms. The number of nitrogens with one attached hydrogen (secondary N) is 1. The molecule has 4 rings (SSSR count). The maximum absolute atomic E-state index is 14.6. The molecule has 2 aliphatic rings. The van der Waals surface area contributed by atoms with Gasteiger partial charge in [-0.2, -0.15) is 13.2 Å². The first-order chi connectivity index (χ1) is 18.8. The van der Waals surface area contributed by atoms with Crippen LogP contribution >= 0.6 is 11.6 Å². The highest BCUT2D eigenvalue weighted by molar-refractivity contribution is 6.33. The number of hydrogen-bond acceptors (Lipinski definition) is 6. The van der Waals surface area contributed by atoms with Crippen molar-refractivity contribution in [3.8, 4) is 11.5 Å². The van der Waals surface area contributed by atoms with Crippen LogP contribution in [0.2, 0.25) is 5.02 Å². The van der Waals surface area contributed by atoms with Crippen molar-refractivity contribution < 1.29 is 45.9 Å². The van der Waals surface area contributed by atoms with E-state index in [0.717, 1.165) is 18.5 Å². The van der Waals surface area contributed by atoms with E-state index in [0.29, 0.717) is 42.9 Å². The summed E-state index contributed by atoms with van der Waals surface area (Å²) in [5, 5.41) is 1.55. The third-order valence-electron chi connectivity index (χ3n) is 7.59. The number of rotatable bonds is 5. The molecule has 2 aromatic carbocycles. The molecule has 1 saturated heterocycles. The van der Waals surface area contributed by atoms with Gasteiger partial charge in [-0.05, 0) is 63.0 Å². The second-order valence-electron chi connectivity index (χ2n) is 9.78. The van der Waals surface area contributed by atoms with E-state index >= 15 is 0 Å². The number of alkyl halides is 3. The van der Waals surface area contributed by atoms with Crippen LogP contribution in [-0.4, -0.2) is 63.0 Å². The van der Waals surface area contributed by atoms with Gasteiger partial charge in [-0.15, -0.1) is 5.06 Å². The lowest BCUT2D eigenvalue weighted by atomic mass is 9.65. The SMILES string of the molecule is COc1ccc([C@@]23CC[C@@H](NC(=O)N(OC(=O)C(F)(F)F)c4c(F)cc(F)cc4Cl)C[C@@H]2N(C)CC3)cc1OC. The number of urea groups is 1. The Labute approximate surface area is 231 Å². The molecule has 0 radical (unpaired) electrons. The Kier molecular flexibility index (Phi) is 8.36. The number of carbonyl (C=O) groups is 2. The van der Waals surface area contributed by atoms with E-state index in [1.807, 2.05) is 25.2 Å². The summed E-state index contributed by atoms with van der Waals surface area (Å²) in [5.74, 6) is -4.28. The van der Waals surface area contributed by atoms with Crippen LogP contribution in [0.1, 0.15) is 31.2 Å². The molecule has 1 saturated carbocycles. The second-order valence-corrected chi connectivity index (χ2v) is 10.2. The Balaban J connectivity index is 1.59. The predicted octanol–water partition coefficient (Wildman–Crippen LogP) is 5.37. The first-order valence-corrected chi connectivity index (χ1v) is 12.7. The standard InChI is InChI=1S/C26H27ClF5N3O5/c1-34-9-8-25(14-4-5-19(38-2)20(10-14)39-3)7-6-16(13-21(25)34)33-24(37)35(40-23(36)26(30,31)32)22-17(27)11-15(28)12-18(22)29/h4-5,10-12,16,21H,6-9,13H2,1-3H3,(H,33,37)/t16-,21+,25+/m1/s1. The number of hydroxylamine groups is 1. The van der Waals surface area contributed by atoms with Crippen LogP contribution in [0.25, 0.3) is 0 Å². The van der Waals surface area contributed by atoms with Crippen LogP contribution in [0.15, 0.2) is 30.3 Å². The third-order valence-corrected chi connectivity index (χ3v) is 7.88. The summed E-state index contributed by atoms with van der Waals surface area (Å²) in [6.45, 7) is 0.755. The van der Waals surface area contributed by atoms with Gasteiger partial charge in [0.25, 0.3) is 0 Å². The predicted molar refractivity (Wildman–Crippen MR) is 134 cm³/mol. The zero-order valence-electron chi connectivity index (χ0n) is 21.8. The lowest BCUT2D eigenvalue weighted by molar-refractivity contribution is -0.199. The summed E-state index contributed by atoms with van der Waals surface area (Å²) in [4.78, 5) is 31.1. The van der Waals surface area contributed by atoms with Crippen LogP contribution in [0, 0.1) is 11.6 Å². The van der Waals surface area contributed by atoms with Crippen LogP contribution in [0.5, 0.6) is 11.5 Å². The fourth-order valence-electron chi connectivity index (χ4n) is 5.68. The molecule has 2 aromatic rings. The normalized spacial score (nSPS) is 22.8. The number of halogens is 6. The largest absolute Gasteiger partial charge is 0.493 e. The van der Waals surface area contributed by atoms with E-state index < -0.39 is 46.6 Å². The quantitative estimate of drug-likeness (QED) is 0.372. The average Bonchev–Trinajstić information content (AvgIpc) is 3.23. The second kappa shape index (κ2) is 11.3. The molecule has 2 fully saturated rings. The summed E-state index contributed by atoms with van der Waals surface area (Å²) >= 11 is 5.84. The highest BCUT2D eigenvalue weighted by atomic mass is 35.5. The number of hydrogen-bond donors (Lipinski definition) is 1. The highest BCUT2D eigenvalue weighted by Gasteiger charge is 2.51. The molecule has 8 nitrogen and oxygen atoms in total. The van der Waals surface area contributed by atoms with Gasteiger partial charge < -0.3 is 24.5 Å². The van der Waals surface area contributed by atoms with E-state index in [-0.39, 0.29) is 16.5 Å². The van der Waals surface area contributed by atoms with Gasteiger partial charge in [0.15, 0.2) is 17.3 Å². The summed E-state index contributed by atoms with van der Waals surface area (Å²) in [7, 11) is 5.01. The summed E-state index contributed by atoms with van der Waals surface area (Å²) < 4.78 is 77.9. The molecule has 3 atom stereocenters. The number of methoxy groups -OCH3 is 2. The Morgan fingerprint density at radius 3 is 2.42 bits per heavy atom. The first-order valence-electron chi connectivity index (χ1n) is 12.3. The molecule has 1 N–H and O–H groups in total. The molecule has 0 aromatic heterocycles. The molecule has 0 unspecified atom stereocenters. The number of likely N-dealkylation sites (N-methyl/N-ethyl adjacent to an activating group) is 1. The zero-order valence-corrected chi connectivity index (χ0v) is 22.5. The van der Waals surface area contributed by atoms with E-state index in [4.69, 9.17) is 21.1 Å². The van der Waals surface area contributed by atoms with Gasteiger partial charge in [0.2, 0.25) is 0 Å². The van der Waals surface area contributed by atoms with Crippen LogP contribution < -0.4 is 19.9 Å². The van der Waals surface area contributed by atoms with Crippen molar-refractivity contribution in [1.29, 1.82) is 0 Å². The summed E-state index contributed by atoms with van der Waals surface area (Å²) in [6, 6.07) is 4.55. The van der Waals surface area contributed by atoms with Gasteiger partial charge >= 0.3 is 18.2 Å². The number of likely N-dealkylation sites (tertiary alicyclic amines) is 1. The van der Waals surface area contributed by atoms with E-state index in [1.54, 1.807) is 0 Å². The van der Waals surface area contributed by atoms with Gasteiger partial charge in [0.1, 0.15) is 11.5 Å². The number of carbonyl (C=O) groups excluding carboxylic acids is 2. The van der Waals surface area contributed by atoms with Crippen molar-refractivity contribution in [3.05, 3.63) is 52.6 Å². The fraction of sp³-hybridized carbons (Fsp3) is 0.462. The Morgan fingerprint density at radius 1 is 1.10 bits per heavy atom. The van der Waals surface area contributed by atoms with Crippen LogP contribution in [0.4, 0.5) is 32.4 Å². The smallest absolute Gasteiger partial charge is 0.493 e. The van der Waals surface area contributed by atoms with E-state index in [9.17, 15) is 31.5 Å². The van der Waals surface area contributed by atoms with Crippen molar-refractivity contribution in [3.63, 3.8) is 0 Å². The van der Waals surface area contributed by atoms with Crippen molar-refractivity contribution >= 4 is 29.3 Å². The molecular formula is C26H27ClF5N3O5. The molecule has 1 aliphatic heterocycles. The van der Waals surface area contributed by atoms with Crippen molar-refractivity contribution in [2.24, 2.45) is 0 Å². The van der Waals surface area contributed by atoms with Crippen LogP contribution in [0.3, 0.4) is 0 Å². The molecular weight excluding hydrogens is 565 g/mol. The zero-order chi connectivity index (χ0) is 29.4. The monoisotopic (exact) mass is 591 g/mol. The van der Waals surface area contributed by atoms with Crippen molar-refractivity contribution in [2.75, 3.05) is 32.9 Å². The lowest BCUT2D eigenvalue weighted by Crippen LogP contribution is -2.54. The van der Waals surface area contributed by atoms with Gasteiger partial charge in [-0.1, -0.05) is 17.7 Å². The van der Waals surface area contributed by atoms with E-state index in [2.05, 4.69) is 15.1 Å². The topological polar surface area (TPSA) is 80.3 Å². The third kappa shape index (κ3) is 5.62. The average molecular weight is 592 g/mol. The molecule has 14 heteroatoms. The molecule has 1 aliphatic carbocycles. The number of anilines is 1. The molecule has 1 heterocycles. The molecule has 0 spiro atoms. The summed E-state index contributed by atoms with van der Waals surface area (Å²) in [6.07, 6.45) is -3.30. The Morgan fingerprint density at radius 2 is 1.80 bits per heavy atom. The maximum atomic E-state index is 14.6. The van der Waals surface area contributed by atoms with Gasteiger partial charge in [0, 0.05) is 23.6 Å². The van der Waals surface area contributed by atoms with Crippen molar-refractivity contribution in [1.82, 2.24) is 10.2 Å². The van der Waals surface area contributed by atoms with Gasteiger partial charge in [0.05, 0.1) is 19.2 Å².